The Morgan fingerprint density at radius 3 is 2.50 bits per heavy atom. The van der Waals surface area contributed by atoms with Crippen molar-refractivity contribution in [3.8, 4) is 17.1 Å². The lowest BCUT2D eigenvalue weighted by Crippen LogP contribution is -2.30. The summed E-state index contributed by atoms with van der Waals surface area (Å²) in [4.78, 5) is 8.64. The predicted octanol–water partition coefficient (Wildman–Crippen LogP) is 3.53. The van der Waals surface area contributed by atoms with Crippen LogP contribution in [0.5, 0.6) is 0 Å². The molecule has 0 aliphatic heterocycles. The quantitative estimate of drug-likeness (QED) is 0.530. The Hall–Kier alpha value is -3.01. The van der Waals surface area contributed by atoms with Crippen molar-refractivity contribution < 1.29 is 4.57 Å². The molecule has 4 nitrogen and oxygen atoms in total. The molecule has 24 heavy (non-hydrogen) atoms. The first-order chi connectivity index (χ1) is 11.7. The largest absolute Gasteiger partial charge is 0.295 e. The topological polar surface area (TPSA) is 34.6 Å². The van der Waals surface area contributed by atoms with E-state index in [9.17, 15) is 0 Å². The number of imidazole rings is 1. The first kappa shape index (κ1) is 14.6. The summed E-state index contributed by atoms with van der Waals surface area (Å²) >= 11 is 0. The molecule has 0 bridgehead atoms. The van der Waals surface area contributed by atoms with E-state index in [4.69, 9.17) is 0 Å². The summed E-state index contributed by atoms with van der Waals surface area (Å²) in [5.41, 5.74) is 6.75. The number of nitrogens with zero attached hydrogens (tertiary/aromatic N) is 4. The minimum atomic E-state index is 0.959. The van der Waals surface area contributed by atoms with Crippen molar-refractivity contribution in [2.24, 2.45) is 7.05 Å². The molecule has 0 fully saturated rings. The van der Waals surface area contributed by atoms with E-state index in [1.165, 1.54) is 16.6 Å². The monoisotopic (exact) mass is 315 g/mol. The van der Waals surface area contributed by atoms with Crippen molar-refractivity contribution in [2.45, 2.75) is 13.8 Å². The molecule has 4 rings (SSSR count). The van der Waals surface area contributed by atoms with Gasteiger partial charge < -0.3 is 0 Å². The molecule has 0 aliphatic carbocycles. The minimum Gasteiger partial charge on any atom is -0.240 e. The van der Waals surface area contributed by atoms with E-state index in [2.05, 4.69) is 81.6 Å². The van der Waals surface area contributed by atoms with Crippen LogP contribution in [0.1, 0.15) is 11.3 Å². The van der Waals surface area contributed by atoms with Crippen molar-refractivity contribution in [3.63, 3.8) is 0 Å². The first-order valence-electron chi connectivity index (χ1n) is 8.01. The lowest BCUT2D eigenvalue weighted by atomic mass is 10.1. The molecule has 0 spiro atoms. The van der Waals surface area contributed by atoms with Gasteiger partial charge in [0.05, 0.1) is 24.5 Å². The molecule has 0 saturated carbocycles. The molecule has 0 amide bonds. The summed E-state index contributed by atoms with van der Waals surface area (Å²) < 4.78 is 4.50. The van der Waals surface area contributed by atoms with Crippen molar-refractivity contribution in [3.05, 3.63) is 72.3 Å². The van der Waals surface area contributed by atoms with E-state index >= 15 is 0 Å². The molecular formula is C20H19N4+. The molecule has 0 aliphatic rings. The average molecular weight is 315 g/mol. The van der Waals surface area contributed by atoms with Crippen LogP contribution in [-0.2, 0) is 7.05 Å². The molecule has 0 N–H and O–H groups in total. The Balaban J connectivity index is 2.18. The molecule has 2 aromatic heterocycles. The molecule has 2 aromatic carbocycles. The van der Waals surface area contributed by atoms with E-state index in [0.717, 1.165) is 22.7 Å². The van der Waals surface area contributed by atoms with Crippen LogP contribution in [0.2, 0.25) is 0 Å². The Bertz CT molecular complexity index is 1050. The second-order valence-corrected chi connectivity index (χ2v) is 6.02. The number of aromatic nitrogens is 4. The molecular weight excluding hydrogens is 296 g/mol. The molecule has 118 valence electrons. The summed E-state index contributed by atoms with van der Waals surface area (Å²) in [7, 11) is 2.11. The highest BCUT2D eigenvalue weighted by molar-refractivity contribution is 5.79. The average Bonchev–Trinajstić information content (AvgIpc) is 2.89. The van der Waals surface area contributed by atoms with Crippen LogP contribution in [-0.4, -0.2) is 14.5 Å². The number of hydrogen-bond donors (Lipinski definition) is 0. The zero-order valence-corrected chi connectivity index (χ0v) is 14.1. The third kappa shape index (κ3) is 2.11. The third-order valence-corrected chi connectivity index (χ3v) is 4.53. The van der Waals surface area contributed by atoms with Gasteiger partial charge in [-0.25, -0.2) is 14.5 Å². The summed E-state index contributed by atoms with van der Waals surface area (Å²) in [6, 6.07) is 16.9. The van der Waals surface area contributed by atoms with Gasteiger partial charge in [0.25, 0.3) is 5.82 Å². The fourth-order valence-electron chi connectivity index (χ4n) is 3.29. The zero-order chi connectivity index (χ0) is 16.7. The number of para-hydroxylation sites is 2. The number of aryl methyl sites for hydroxylation is 3. The maximum atomic E-state index is 4.39. The normalized spacial score (nSPS) is 11.1. The molecule has 4 heteroatoms. The third-order valence-electron chi connectivity index (χ3n) is 4.53. The number of hydrogen-bond acceptors (Lipinski definition) is 2. The second kappa shape index (κ2) is 5.57. The first-order valence-corrected chi connectivity index (χ1v) is 8.01. The number of fused-ring (bicyclic) bond motifs is 1. The Morgan fingerprint density at radius 2 is 1.71 bits per heavy atom. The van der Waals surface area contributed by atoms with E-state index in [0.29, 0.717) is 0 Å². The van der Waals surface area contributed by atoms with Crippen LogP contribution in [0, 0.1) is 13.8 Å². The Kier molecular flexibility index (Phi) is 3.38. The standard InChI is InChI=1S/C20H19N4/c1-14-8-4-5-9-16(14)20-23(3)17-10-6-7-11-18(17)24(20)19-12-21-13-22-15(19)2/h4-13H,1-3H3/q+1. The highest BCUT2D eigenvalue weighted by Crippen LogP contribution is 2.29. The van der Waals surface area contributed by atoms with Gasteiger partial charge in [-0.1, -0.05) is 30.3 Å². The number of rotatable bonds is 2. The molecule has 0 unspecified atom stereocenters. The van der Waals surface area contributed by atoms with Crippen LogP contribution in [0.4, 0.5) is 0 Å². The van der Waals surface area contributed by atoms with E-state index in [1.807, 2.05) is 13.1 Å². The zero-order valence-electron chi connectivity index (χ0n) is 14.1. The van der Waals surface area contributed by atoms with Gasteiger partial charge in [0.1, 0.15) is 6.33 Å². The maximum absolute atomic E-state index is 4.39. The van der Waals surface area contributed by atoms with Gasteiger partial charge in [0.2, 0.25) is 0 Å². The molecule has 4 aromatic rings. The van der Waals surface area contributed by atoms with E-state index in [1.54, 1.807) is 6.33 Å². The molecule has 2 heterocycles. The Morgan fingerprint density at radius 1 is 0.958 bits per heavy atom. The smallest absolute Gasteiger partial charge is 0.240 e. The van der Waals surface area contributed by atoms with Gasteiger partial charge in [0.15, 0.2) is 16.7 Å². The lowest BCUT2D eigenvalue weighted by molar-refractivity contribution is -0.633. The van der Waals surface area contributed by atoms with Gasteiger partial charge in [-0.05, 0) is 37.6 Å². The van der Waals surface area contributed by atoms with Crippen LogP contribution in [0.15, 0.2) is 61.1 Å². The summed E-state index contributed by atoms with van der Waals surface area (Å²) in [5.74, 6) is 1.13. The van der Waals surface area contributed by atoms with Gasteiger partial charge in [-0.15, -0.1) is 0 Å². The van der Waals surface area contributed by atoms with Gasteiger partial charge >= 0.3 is 0 Å². The second-order valence-electron chi connectivity index (χ2n) is 6.02. The minimum absolute atomic E-state index is 0.959. The van der Waals surface area contributed by atoms with Crippen LogP contribution < -0.4 is 4.57 Å². The fourth-order valence-corrected chi connectivity index (χ4v) is 3.29. The van der Waals surface area contributed by atoms with Crippen molar-refractivity contribution in [1.82, 2.24) is 14.5 Å². The summed E-state index contributed by atoms with van der Waals surface area (Å²) in [6.45, 7) is 4.17. The van der Waals surface area contributed by atoms with Crippen molar-refractivity contribution in [1.29, 1.82) is 0 Å². The van der Waals surface area contributed by atoms with Crippen LogP contribution in [0.3, 0.4) is 0 Å². The molecule has 0 saturated heterocycles. The predicted molar refractivity (Wildman–Crippen MR) is 95.0 cm³/mol. The highest BCUT2D eigenvalue weighted by Gasteiger charge is 2.27. The SMILES string of the molecule is Cc1ccccc1-c1n(-c2cncnc2C)c2ccccc2[n+]1C. The summed E-state index contributed by atoms with van der Waals surface area (Å²) in [6.07, 6.45) is 3.48. The van der Waals surface area contributed by atoms with E-state index in [-0.39, 0.29) is 0 Å². The van der Waals surface area contributed by atoms with Crippen molar-refractivity contribution >= 4 is 11.0 Å². The highest BCUT2D eigenvalue weighted by atomic mass is 15.2. The lowest BCUT2D eigenvalue weighted by Gasteiger charge is -2.07. The van der Waals surface area contributed by atoms with Gasteiger partial charge in [-0.3, -0.25) is 0 Å². The maximum Gasteiger partial charge on any atom is 0.295 e. The molecule has 0 radical (unpaired) electrons. The summed E-state index contributed by atoms with van der Waals surface area (Å²) in [5, 5.41) is 0. The van der Waals surface area contributed by atoms with Crippen LogP contribution >= 0.6 is 0 Å². The van der Waals surface area contributed by atoms with Crippen molar-refractivity contribution in [2.75, 3.05) is 0 Å². The van der Waals surface area contributed by atoms with Crippen LogP contribution in [0.25, 0.3) is 28.1 Å². The van der Waals surface area contributed by atoms with Gasteiger partial charge in [0, 0.05) is 0 Å². The van der Waals surface area contributed by atoms with Gasteiger partial charge in [-0.2, -0.15) is 4.57 Å². The number of benzene rings is 2. The fraction of sp³-hybridized carbons (Fsp3) is 0.150. The Labute approximate surface area is 141 Å². The molecule has 0 atom stereocenters. The van der Waals surface area contributed by atoms with E-state index < -0.39 is 0 Å².